The van der Waals surface area contributed by atoms with Gasteiger partial charge in [0, 0.05) is 19.3 Å². The molecule has 120 valence electrons. The van der Waals surface area contributed by atoms with E-state index < -0.39 is 5.60 Å². The molecule has 1 fully saturated rings. The number of rotatable bonds is 2. The third-order valence-electron chi connectivity index (χ3n) is 3.83. The van der Waals surface area contributed by atoms with Crippen molar-refractivity contribution < 1.29 is 14.3 Å². The van der Waals surface area contributed by atoms with E-state index >= 15 is 0 Å². The van der Waals surface area contributed by atoms with Crippen molar-refractivity contribution in [1.82, 2.24) is 14.7 Å². The van der Waals surface area contributed by atoms with Gasteiger partial charge in [-0.15, -0.1) is 0 Å². The number of aromatic nitrogens is 2. The van der Waals surface area contributed by atoms with Crippen LogP contribution in [0, 0.1) is 0 Å². The minimum Gasteiger partial charge on any atom is -0.444 e. The summed E-state index contributed by atoms with van der Waals surface area (Å²) in [5.41, 5.74) is 1.92. The van der Waals surface area contributed by atoms with E-state index in [1.54, 1.807) is 4.90 Å². The Labute approximate surface area is 130 Å². The average Bonchev–Trinajstić information content (AvgIpc) is 2.84. The van der Waals surface area contributed by atoms with Crippen LogP contribution in [0.5, 0.6) is 0 Å². The van der Waals surface area contributed by atoms with Crippen molar-refractivity contribution in [2.24, 2.45) is 0 Å². The molecule has 0 bridgehead atoms. The van der Waals surface area contributed by atoms with Crippen molar-refractivity contribution in [2.75, 3.05) is 26.3 Å². The molecule has 3 heterocycles. The molecule has 0 radical (unpaired) electrons. The molecule has 0 atom stereocenters. The summed E-state index contributed by atoms with van der Waals surface area (Å²) in [6, 6.07) is 2.38. The van der Waals surface area contributed by atoms with Crippen LogP contribution in [0.1, 0.15) is 38.9 Å². The normalized spacial score (nSPS) is 19.6. The van der Waals surface area contributed by atoms with Crippen LogP contribution >= 0.6 is 0 Å². The Kier molecular flexibility index (Phi) is 3.95. The van der Waals surface area contributed by atoms with Crippen molar-refractivity contribution in [3.8, 4) is 0 Å². The Hall–Kier alpha value is -1.82. The molecule has 0 saturated carbocycles. The lowest BCUT2D eigenvalue weighted by Gasteiger charge is -2.31. The highest BCUT2D eigenvalue weighted by molar-refractivity contribution is 5.72. The van der Waals surface area contributed by atoms with Gasteiger partial charge in [0.1, 0.15) is 5.60 Å². The first-order chi connectivity index (χ1) is 10.4. The second-order valence-corrected chi connectivity index (χ2v) is 6.76. The lowest BCUT2D eigenvalue weighted by molar-refractivity contribution is -0.0290. The Morgan fingerprint density at radius 3 is 2.73 bits per heavy atom. The standard InChI is InChI=1S/C16H23N3O3/c1-16(2,3)22-15(20)18-8-5-12(6-9-18)14-4-7-17-19(14)13-10-21-11-13/h4-5,7,13H,6,8-11H2,1-3H3. The topological polar surface area (TPSA) is 56.6 Å². The number of carbonyl (C=O) groups is 1. The van der Waals surface area contributed by atoms with Gasteiger partial charge in [-0.05, 0) is 38.8 Å². The molecule has 0 spiro atoms. The molecule has 6 nitrogen and oxygen atoms in total. The average molecular weight is 305 g/mol. The fraction of sp³-hybridized carbons (Fsp3) is 0.625. The van der Waals surface area contributed by atoms with Crippen molar-refractivity contribution in [3.63, 3.8) is 0 Å². The summed E-state index contributed by atoms with van der Waals surface area (Å²) in [6.45, 7) is 8.36. The number of nitrogens with zero attached hydrogens (tertiary/aromatic N) is 3. The predicted molar refractivity (Wildman–Crippen MR) is 82.5 cm³/mol. The van der Waals surface area contributed by atoms with E-state index in [0.29, 0.717) is 19.1 Å². The summed E-state index contributed by atoms with van der Waals surface area (Å²) >= 11 is 0. The Bertz CT molecular complexity index is 582. The van der Waals surface area contributed by atoms with Crippen molar-refractivity contribution in [2.45, 2.75) is 38.8 Å². The van der Waals surface area contributed by atoms with Gasteiger partial charge in [0.2, 0.25) is 0 Å². The van der Waals surface area contributed by atoms with Gasteiger partial charge >= 0.3 is 6.09 Å². The van der Waals surface area contributed by atoms with E-state index in [2.05, 4.69) is 11.2 Å². The summed E-state index contributed by atoms with van der Waals surface area (Å²) in [5, 5.41) is 4.41. The van der Waals surface area contributed by atoms with Crippen LogP contribution in [0.4, 0.5) is 4.79 Å². The van der Waals surface area contributed by atoms with Crippen LogP contribution in [0.25, 0.3) is 5.57 Å². The molecule has 1 saturated heterocycles. The molecule has 2 aliphatic heterocycles. The molecule has 0 aromatic carbocycles. The summed E-state index contributed by atoms with van der Waals surface area (Å²) in [5.74, 6) is 0. The van der Waals surface area contributed by atoms with E-state index in [1.165, 1.54) is 5.57 Å². The van der Waals surface area contributed by atoms with Crippen molar-refractivity contribution in [3.05, 3.63) is 24.0 Å². The molecule has 6 heteroatoms. The third-order valence-corrected chi connectivity index (χ3v) is 3.83. The first-order valence-corrected chi connectivity index (χ1v) is 7.72. The van der Waals surface area contributed by atoms with E-state index in [4.69, 9.17) is 9.47 Å². The van der Waals surface area contributed by atoms with Crippen molar-refractivity contribution in [1.29, 1.82) is 0 Å². The Morgan fingerprint density at radius 1 is 1.41 bits per heavy atom. The van der Waals surface area contributed by atoms with Gasteiger partial charge in [0.05, 0.1) is 24.9 Å². The molecule has 0 N–H and O–H groups in total. The number of hydrogen-bond acceptors (Lipinski definition) is 4. The maximum Gasteiger partial charge on any atom is 0.410 e. The largest absolute Gasteiger partial charge is 0.444 e. The van der Waals surface area contributed by atoms with Crippen LogP contribution in [0.2, 0.25) is 0 Å². The van der Waals surface area contributed by atoms with Crippen LogP contribution in [0.3, 0.4) is 0 Å². The first kappa shape index (κ1) is 15.1. The molecule has 2 aliphatic rings. The van der Waals surface area contributed by atoms with Gasteiger partial charge in [-0.3, -0.25) is 4.68 Å². The second kappa shape index (κ2) is 5.76. The minimum atomic E-state index is -0.454. The first-order valence-electron chi connectivity index (χ1n) is 7.72. The maximum absolute atomic E-state index is 12.1. The molecule has 1 aromatic heterocycles. The Balaban J connectivity index is 1.66. The Morgan fingerprint density at radius 2 is 2.18 bits per heavy atom. The molecule has 0 aliphatic carbocycles. The monoisotopic (exact) mass is 305 g/mol. The zero-order valence-electron chi connectivity index (χ0n) is 13.4. The maximum atomic E-state index is 12.1. The number of carbonyl (C=O) groups excluding carboxylic acids is 1. The van der Waals surface area contributed by atoms with E-state index in [-0.39, 0.29) is 6.09 Å². The second-order valence-electron chi connectivity index (χ2n) is 6.76. The molecular formula is C16H23N3O3. The number of amides is 1. The van der Waals surface area contributed by atoms with E-state index in [1.807, 2.05) is 37.7 Å². The summed E-state index contributed by atoms with van der Waals surface area (Å²) in [4.78, 5) is 13.8. The van der Waals surface area contributed by atoms with Crippen LogP contribution < -0.4 is 0 Å². The molecule has 3 rings (SSSR count). The highest BCUT2D eigenvalue weighted by atomic mass is 16.6. The quantitative estimate of drug-likeness (QED) is 0.842. The fourth-order valence-electron chi connectivity index (χ4n) is 2.62. The van der Waals surface area contributed by atoms with Crippen molar-refractivity contribution >= 4 is 11.7 Å². The van der Waals surface area contributed by atoms with Gasteiger partial charge in [0.25, 0.3) is 0 Å². The summed E-state index contributed by atoms with van der Waals surface area (Å²) < 4.78 is 12.7. The fourth-order valence-corrected chi connectivity index (χ4v) is 2.62. The zero-order valence-corrected chi connectivity index (χ0v) is 13.4. The summed E-state index contributed by atoms with van der Waals surface area (Å²) in [7, 11) is 0. The van der Waals surface area contributed by atoms with E-state index in [9.17, 15) is 4.79 Å². The molecule has 1 amide bonds. The van der Waals surface area contributed by atoms with Gasteiger partial charge in [-0.1, -0.05) is 6.08 Å². The smallest absolute Gasteiger partial charge is 0.410 e. The molecular weight excluding hydrogens is 282 g/mol. The lowest BCUT2D eigenvalue weighted by Crippen LogP contribution is -2.39. The zero-order chi connectivity index (χ0) is 15.7. The van der Waals surface area contributed by atoms with Gasteiger partial charge in [-0.25, -0.2) is 4.79 Å². The highest BCUT2D eigenvalue weighted by Gasteiger charge is 2.27. The minimum absolute atomic E-state index is 0.247. The molecule has 0 unspecified atom stereocenters. The van der Waals surface area contributed by atoms with Crippen LogP contribution in [-0.2, 0) is 9.47 Å². The highest BCUT2D eigenvalue weighted by Crippen LogP contribution is 2.27. The SMILES string of the molecule is CC(C)(C)OC(=O)N1CC=C(c2ccnn2C2COC2)CC1. The lowest BCUT2D eigenvalue weighted by atomic mass is 10.0. The van der Waals surface area contributed by atoms with Crippen LogP contribution in [0.15, 0.2) is 18.3 Å². The van der Waals surface area contributed by atoms with Crippen LogP contribution in [-0.4, -0.2) is 52.7 Å². The molecule has 1 aromatic rings. The number of ether oxygens (including phenoxy) is 2. The van der Waals surface area contributed by atoms with E-state index in [0.717, 1.165) is 25.3 Å². The summed E-state index contributed by atoms with van der Waals surface area (Å²) in [6.07, 6.45) is 4.50. The molecule has 22 heavy (non-hydrogen) atoms. The van der Waals surface area contributed by atoms with Gasteiger partial charge < -0.3 is 14.4 Å². The van der Waals surface area contributed by atoms with Gasteiger partial charge in [0.15, 0.2) is 0 Å². The van der Waals surface area contributed by atoms with Gasteiger partial charge in [-0.2, -0.15) is 5.10 Å². The predicted octanol–water partition coefficient (Wildman–Crippen LogP) is 2.48. The third kappa shape index (κ3) is 3.16. The number of hydrogen-bond donors (Lipinski definition) is 0.